The number of hydrogen-bond donors (Lipinski definition) is 1. The van der Waals surface area contributed by atoms with Crippen LogP contribution in [0.1, 0.15) is 38.3 Å². The molecule has 0 saturated heterocycles. The summed E-state index contributed by atoms with van der Waals surface area (Å²) in [5.41, 5.74) is 1.93. The summed E-state index contributed by atoms with van der Waals surface area (Å²) >= 11 is 3.44. The molecular weight excluding hydrogens is 326 g/mol. The molecular formula is C14H20BrNO2S. The summed E-state index contributed by atoms with van der Waals surface area (Å²) in [6.45, 7) is 5.68. The van der Waals surface area contributed by atoms with Gasteiger partial charge in [-0.3, -0.25) is 0 Å². The number of hydrogen-bond acceptors (Lipinski definition) is 2. The molecule has 0 fully saturated rings. The van der Waals surface area contributed by atoms with Crippen molar-refractivity contribution >= 4 is 26.0 Å². The molecule has 1 unspecified atom stereocenters. The predicted molar refractivity (Wildman–Crippen MR) is 81.3 cm³/mol. The Morgan fingerprint density at radius 2 is 1.89 bits per heavy atom. The second-order valence-electron chi connectivity index (χ2n) is 5.73. The van der Waals surface area contributed by atoms with Crippen LogP contribution in [0.25, 0.3) is 0 Å². The van der Waals surface area contributed by atoms with Gasteiger partial charge in [-0.2, -0.15) is 0 Å². The SMILES string of the molecule is CC(Br)C(C)(C)NS(=O)(=O)c1ccc2c(c1)CCC2. The van der Waals surface area contributed by atoms with Gasteiger partial charge in [0.25, 0.3) is 0 Å². The lowest BCUT2D eigenvalue weighted by atomic mass is 10.0. The van der Waals surface area contributed by atoms with Crippen LogP contribution in [-0.2, 0) is 22.9 Å². The van der Waals surface area contributed by atoms with E-state index in [0.29, 0.717) is 4.90 Å². The molecule has 0 bridgehead atoms. The van der Waals surface area contributed by atoms with Gasteiger partial charge in [-0.1, -0.05) is 28.9 Å². The number of sulfonamides is 1. The van der Waals surface area contributed by atoms with Crippen LogP contribution in [0.5, 0.6) is 0 Å². The van der Waals surface area contributed by atoms with Crippen molar-refractivity contribution in [2.45, 2.75) is 55.3 Å². The van der Waals surface area contributed by atoms with Crippen molar-refractivity contribution < 1.29 is 8.42 Å². The highest BCUT2D eigenvalue weighted by Crippen LogP contribution is 2.26. The number of rotatable bonds is 4. The van der Waals surface area contributed by atoms with Crippen molar-refractivity contribution in [2.24, 2.45) is 0 Å². The Hall–Kier alpha value is -0.390. The van der Waals surface area contributed by atoms with E-state index in [0.717, 1.165) is 19.3 Å². The monoisotopic (exact) mass is 345 g/mol. The predicted octanol–water partition coefficient (Wildman–Crippen LogP) is 3.02. The minimum Gasteiger partial charge on any atom is -0.207 e. The van der Waals surface area contributed by atoms with Crippen LogP contribution in [0.2, 0.25) is 0 Å². The fourth-order valence-corrected chi connectivity index (χ4v) is 4.00. The lowest BCUT2D eigenvalue weighted by Gasteiger charge is -2.28. The molecule has 5 heteroatoms. The molecule has 0 spiro atoms. The van der Waals surface area contributed by atoms with Crippen LogP contribution in [0.4, 0.5) is 0 Å². The Balaban J connectivity index is 2.30. The van der Waals surface area contributed by atoms with Gasteiger partial charge in [0.15, 0.2) is 0 Å². The Labute approximate surface area is 124 Å². The van der Waals surface area contributed by atoms with Crippen molar-refractivity contribution in [3.63, 3.8) is 0 Å². The largest absolute Gasteiger partial charge is 0.241 e. The average Bonchev–Trinajstić information content (AvgIpc) is 2.73. The topological polar surface area (TPSA) is 46.2 Å². The third kappa shape index (κ3) is 3.20. The van der Waals surface area contributed by atoms with Crippen LogP contribution >= 0.6 is 15.9 Å². The highest BCUT2D eigenvalue weighted by Gasteiger charge is 2.30. The van der Waals surface area contributed by atoms with Gasteiger partial charge in [0.2, 0.25) is 10.0 Å². The summed E-state index contributed by atoms with van der Waals surface area (Å²) in [6.07, 6.45) is 3.17. The van der Waals surface area contributed by atoms with Gasteiger partial charge >= 0.3 is 0 Å². The van der Waals surface area contributed by atoms with Gasteiger partial charge in [0.05, 0.1) is 4.90 Å². The van der Waals surface area contributed by atoms with E-state index in [1.807, 2.05) is 32.9 Å². The Morgan fingerprint density at radius 1 is 1.26 bits per heavy atom. The number of alkyl halides is 1. The molecule has 0 amide bonds. The van der Waals surface area contributed by atoms with Crippen LogP contribution in [0.3, 0.4) is 0 Å². The first-order valence-electron chi connectivity index (χ1n) is 6.52. The lowest BCUT2D eigenvalue weighted by Crippen LogP contribution is -2.48. The van der Waals surface area contributed by atoms with E-state index in [1.54, 1.807) is 6.07 Å². The zero-order valence-corrected chi connectivity index (χ0v) is 13.9. The molecule has 106 valence electrons. The van der Waals surface area contributed by atoms with E-state index in [2.05, 4.69) is 20.7 Å². The first-order chi connectivity index (χ1) is 8.72. The lowest BCUT2D eigenvalue weighted by molar-refractivity contribution is 0.454. The van der Waals surface area contributed by atoms with Gasteiger partial charge in [0.1, 0.15) is 0 Å². The maximum atomic E-state index is 12.4. The van der Waals surface area contributed by atoms with Gasteiger partial charge in [-0.15, -0.1) is 0 Å². The number of nitrogens with one attached hydrogen (secondary N) is 1. The summed E-state index contributed by atoms with van der Waals surface area (Å²) < 4.78 is 27.6. The van der Waals surface area contributed by atoms with E-state index in [4.69, 9.17) is 0 Å². The Morgan fingerprint density at radius 3 is 2.53 bits per heavy atom. The normalized spacial score (nSPS) is 17.3. The van der Waals surface area contributed by atoms with Gasteiger partial charge in [-0.05, 0) is 56.4 Å². The van der Waals surface area contributed by atoms with E-state index in [9.17, 15) is 8.42 Å². The molecule has 1 N–H and O–H groups in total. The summed E-state index contributed by atoms with van der Waals surface area (Å²) in [6, 6.07) is 5.47. The summed E-state index contributed by atoms with van der Waals surface area (Å²) in [7, 11) is -3.46. The van der Waals surface area contributed by atoms with Gasteiger partial charge in [0, 0.05) is 10.4 Å². The molecule has 3 nitrogen and oxygen atoms in total. The zero-order chi connectivity index (χ0) is 14.3. The Bertz CT molecular complexity index is 579. The molecule has 0 heterocycles. The molecule has 0 aromatic heterocycles. The summed E-state index contributed by atoms with van der Waals surface area (Å²) in [5.74, 6) is 0. The highest BCUT2D eigenvalue weighted by atomic mass is 79.9. The van der Waals surface area contributed by atoms with Crippen molar-refractivity contribution in [1.29, 1.82) is 0 Å². The molecule has 1 aromatic carbocycles. The van der Waals surface area contributed by atoms with Crippen LogP contribution < -0.4 is 4.72 Å². The maximum absolute atomic E-state index is 12.4. The molecule has 1 aromatic rings. The fourth-order valence-electron chi connectivity index (χ4n) is 2.20. The molecule has 1 atom stereocenters. The maximum Gasteiger partial charge on any atom is 0.241 e. The number of benzene rings is 1. The van der Waals surface area contributed by atoms with Crippen molar-refractivity contribution in [3.8, 4) is 0 Å². The van der Waals surface area contributed by atoms with E-state index < -0.39 is 15.6 Å². The Kier molecular flexibility index (Phi) is 4.10. The van der Waals surface area contributed by atoms with E-state index in [-0.39, 0.29) is 4.83 Å². The number of halogens is 1. The molecule has 0 radical (unpaired) electrons. The van der Waals surface area contributed by atoms with E-state index in [1.165, 1.54) is 11.1 Å². The minimum absolute atomic E-state index is 0.0456. The second-order valence-corrected chi connectivity index (χ2v) is 8.78. The number of fused-ring (bicyclic) bond motifs is 1. The summed E-state index contributed by atoms with van der Waals surface area (Å²) in [5, 5.41) is 0. The standard InChI is InChI=1S/C14H20BrNO2S/c1-10(15)14(2,3)16-19(17,18)13-8-7-11-5-4-6-12(11)9-13/h7-10,16H,4-6H2,1-3H3. The first-order valence-corrected chi connectivity index (χ1v) is 8.92. The van der Waals surface area contributed by atoms with Gasteiger partial charge < -0.3 is 0 Å². The van der Waals surface area contributed by atoms with Crippen molar-refractivity contribution in [3.05, 3.63) is 29.3 Å². The van der Waals surface area contributed by atoms with E-state index >= 15 is 0 Å². The van der Waals surface area contributed by atoms with Crippen molar-refractivity contribution in [1.82, 2.24) is 4.72 Å². The third-order valence-corrected chi connectivity index (χ3v) is 6.59. The van der Waals surface area contributed by atoms with Crippen molar-refractivity contribution in [2.75, 3.05) is 0 Å². The quantitative estimate of drug-likeness (QED) is 0.852. The first kappa shape index (κ1) is 15.0. The van der Waals surface area contributed by atoms with Crippen LogP contribution in [-0.4, -0.2) is 18.8 Å². The smallest absolute Gasteiger partial charge is 0.207 e. The zero-order valence-electron chi connectivity index (χ0n) is 11.5. The summed E-state index contributed by atoms with van der Waals surface area (Å²) in [4.78, 5) is 0.415. The molecule has 1 aliphatic rings. The second kappa shape index (κ2) is 5.19. The highest BCUT2D eigenvalue weighted by molar-refractivity contribution is 9.09. The molecule has 0 saturated carbocycles. The molecule has 2 rings (SSSR count). The molecule has 19 heavy (non-hydrogen) atoms. The molecule has 0 aliphatic heterocycles. The third-order valence-electron chi connectivity index (χ3n) is 3.77. The number of aryl methyl sites for hydroxylation is 2. The molecule has 1 aliphatic carbocycles. The van der Waals surface area contributed by atoms with Crippen LogP contribution in [0, 0.1) is 0 Å². The van der Waals surface area contributed by atoms with Gasteiger partial charge in [-0.25, -0.2) is 13.1 Å². The average molecular weight is 346 g/mol. The fraction of sp³-hybridized carbons (Fsp3) is 0.571. The van der Waals surface area contributed by atoms with Crippen LogP contribution in [0.15, 0.2) is 23.1 Å². The minimum atomic E-state index is -3.46.